The molecule has 0 amide bonds. The normalized spacial score (nSPS) is 14.1. The van der Waals surface area contributed by atoms with E-state index in [1.165, 1.54) is 16.6 Å². The second-order valence-corrected chi connectivity index (χ2v) is 11.0. The van der Waals surface area contributed by atoms with Crippen LogP contribution in [0.25, 0.3) is 0 Å². The minimum Gasteiger partial charge on any atom is -0.338 e. The number of nitrogens with zero attached hydrogens (tertiary/aromatic N) is 6. The highest BCUT2D eigenvalue weighted by Crippen LogP contribution is 2.29. The zero-order valence-corrected chi connectivity index (χ0v) is 22.6. The Morgan fingerprint density at radius 1 is 1.00 bits per heavy atom. The molecule has 0 saturated carbocycles. The summed E-state index contributed by atoms with van der Waals surface area (Å²) in [5, 5.41) is 4.67. The average Bonchev–Trinajstić information content (AvgIpc) is 3.38. The molecule has 0 unspecified atom stereocenters. The topological polar surface area (TPSA) is 87.1 Å². The smallest absolute Gasteiger partial charge is 0.234 e. The van der Waals surface area contributed by atoms with E-state index in [1.807, 2.05) is 60.8 Å². The highest BCUT2D eigenvalue weighted by molar-refractivity contribution is 7.99. The van der Waals surface area contributed by atoms with Crippen LogP contribution in [0.3, 0.4) is 0 Å². The molecule has 1 aliphatic heterocycles. The van der Waals surface area contributed by atoms with Crippen molar-refractivity contribution >= 4 is 45.9 Å². The lowest BCUT2D eigenvalue weighted by molar-refractivity contribution is 0.0993. The van der Waals surface area contributed by atoms with Crippen LogP contribution < -0.4 is 10.2 Å². The maximum absolute atomic E-state index is 12.6. The Morgan fingerprint density at radius 2 is 1.76 bits per heavy atom. The van der Waals surface area contributed by atoms with Gasteiger partial charge in [0, 0.05) is 54.1 Å². The molecule has 0 atom stereocenters. The molecule has 10 heteroatoms. The summed E-state index contributed by atoms with van der Waals surface area (Å²) in [5.41, 5.74) is 1.71. The molecule has 190 valence electrons. The Morgan fingerprint density at radius 3 is 2.46 bits per heavy atom. The third kappa shape index (κ3) is 6.71. The summed E-state index contributed by atoms with van der Waals surface area (Å²) in [4.78, 5) is 37.9. The zero-order valence-electron chi connectivity index (χ0n) is 20.9. The number of rotatable bonds is 9. The number of nitrogens with one attached hydrogen (secondary N) is 1. The third-order valence-corrected chi connectivity index (χ3v) is 8.03. The van der Waals surface area contributed by atoms with Crippen molar-refractivity contribution in [1.29, 1.82) is 0 Å². The number of aryl methyl sites for hydroxylation is 1. The Balaban J connectivity index is 1.33. The first-order valence-electron chi connectivity index (χ1n) is 12.3. The number of ketones is 1. The van der Waals surface area contributed by atoms with Crippen molar-refractivity contribution in [2.45, 2.75) is 29.8 Å². The number of piperazine rings is 1. The number of anilines is 3. The van der Waals surface area contributed by atoms with Crippen molar-refractivity contribution in [3.05, 3.63) is 76.8 Å². The van der Waals surface area contributed by atoms with Crippen LogP contribution >= 0.6 is 23.1 Å². The van der Waals surface area contributed by atoms with Crippen molar-refractivity contribution in [1.82, 2.24) is 24.8 Å². The van der Waals surface area contributed by atoms with Gasteiger partial charge >= 0.3 is 0 Å². The van der Waals surface area contributed by atoms with Crippen LogP contribution in [0.15, 0.2) is 70.8 Å². The predicted octanol–water partition coefficient (Wildman–Crippen LogP) is 4.96. The van der Waals surface area contributed by atoms with Gasteiger partial charge in [0.25, 0.3) is 0 Å². The number of thiazole rings is 1. The van der Waals surface area contributed by atoms with Crippen LogP contribution in [-0.4, -0.2) is 63.8 Å². The molecule has 1 N–H and O–H groups in total. The van der Waals surface area contributed by atoms with Crippen LogP contribution in [0.2, 0.25) is 0 Å². The molecular weight excluding hydrogens is 502 g/mol. The average molecular weight is 532 g/mol. The van der Waals surface area contributed by atoms with Gasteiger partial charge in [0.15, 0.2) is 16.1 Å². The molecule has 0 spiro atoms. The minimum absolute atomic E-state index is 0.111. The van der Waals surface area contributed by atoms with Gasteiger partial charge in [-0.05, 0) is 42.9 Å². The number of aromatic nitrogens is 4. The first kappa shape index (κ1) is 25.3. The van der Waals surface area contributed by atoms with Crippen molar-refractivity contribution in [3.8, 4) is 0 Å². The van der Waals surface area contributed by atoms with Gasteiger partial charge in [0.1, 0.15) is 0 Å². The Labute approximate surface area is 225 Å². The monoisotopic (exact) mass is 531 g/mol. The van der Waals surface area contributed by atoms with Crippen molar-refractivity contribution in [2.24, 2.45) is 0 Å². The second kappa shape index (κ2) is 11.8. The summed E-state index contributed by atoms with van der Waals surface area (Å²) in [6, 6.07) is 17.4. The molecule has 5 rings (SSSR count). The first-order chi connectivity index (χ1) is 18.1. The summed E-state index contributed by atoms with van der Waals surface area (Å²) in [6.45, 7) is 5.78. The third-order valence-electron chi connectivity index (χ3n) is 6.10. The zero-order chi connectivity index (χ0) is 25.6. The highest BCUT2D eigenvalue weighted by Gasteiger charge is 2.19. The molecule has 2 aromatic carbocycles. The van der Waals surface area contributed by atoms with Crippen molar-refractivity contribution < 1.29 is 4.79 Å². The van der Waals surface area contributed by atoms with Gasteiger partial charge < -0.3 is 9.80 Å². The fraction of sp³-hybridized carbons (Fsp3) is 0.296. The molecule has 1 saturated heterocycles. The fourth-order valence-electron chi connectivity index (χ4n) is 3.91. The predicted molar refractivity (Wildman–Crippen MR) is 149 cm³/mol. The molecular formula is C27H29N7OS2. The largest absolute Gasteiger partial charge is 0.338 e. The van der Waals surface area contributed by atoms with E-state index in [2.05, 4.69) is 39.1 Å². The van der Waals surface area contributed by atoms with E-state index in [9.17, 15) is 4.79 Å². The fourth-order valence-corrected chi connectivity index (χ4v) is 5.40. The number of Topliss-reactive ketones (excluding diaryl/α,β-unsaturated/α-hetero) is 1. The van der Waals surface area contributed by atoms with Gasteiger partial charge in [-0.1, -0.05) is 49.4 Å². The summed E-state index contributed by atoms with van der Waals surface area (Å²) >= 11 is 3.09. The van der Waals surface area contributed by atoms with E-state index < -0.39 is 0 Å². The van der Waals surface area contributed by atoms with Crippen LogP contribution in [-0.2, 0) is 12.8 Å². The molecule has 4 aromatic rings. The van der Waals surface area contributed by atoms with E-state index in [4.69, 9.17) is 9.97 Å². The number of hydrogen-bond donors (Lipinski definition) is 1. The molecule has 3 heterocycles. The van der Waals surface area contributed by atoms with Gasteiger partial charge in [0.2, 0.25) is 11.9 Å². The Hall–Kier alpha value is -3.34. The number of hydrogen-bond acceptors (Lipinski definition) is 10. The van der Waals surface area contributed by atoms with Gasteiger partial charge in [0.05, 0.1) is 0 Å². The van der Waals surface area contributed by atoms with Gasteiger partial charge in [-0.25, -0.2) is 4.98 Å². The number of carbonyl (C=O) groups excluding carboxylic acids is 1. The van der Waals surface area contributed by atoms with Crippen molar-refractivity contribution in [2.75, 3.05) is 43.4 Å². The van der Waals surface area contributed by atoms with Crippen molar-refractivity contribution in [3.63, 3.8) is 0 Å². The Bertz CT molecular complexity index is 1340. The van der Waals surface area contributed by atoms with Crippen LogP contribution in [0.4, 0.5) is 17.0 Å². The van der Waals surface area contributed by atoms with Gasteiger partial charge in [-0.15, -0.1) is 11.3 Å². The molecule has 1 aliphatic rings. The molecule has 0 radical (unpaired) electrons. The summed E-state index contributed by atoms with van der Waals surface area (Å²) in [7, 11) is 2.13. The minimum atomic E-state index is 0.111. The lowest BCUT2D eigenvalue weighted by Crippen LogP contribution is -2.45. The summed E-state index contributed by atoms with van der Waals surface area (Å²) < 4.78 is 0. The van der Waals surface area contributed by atoms with Crippen LogP contribution in [0, 0.1) is 0 Å². The standard InChI is InChI=1S/C27H29N7OS2/c1-3-21-18-28-26(36-21)30-24-29-25(34-15-13-33(2)14-16-34)32-27(31-24)37-22-11-9-19(10-12-22)17-23(35)20-7-5-4-6-8-20/h4-12,18H,3,13-17H2,1-2H3,(H,28,29,30,31,32). The van der Waals surface area contributed by atoms with E-state index in [0.717, 1.165) is 53.8 Å². The molecule has 2 aromatic heterocycles. The summed E-state index contributed by atoms with van der Waals surface area (Å²) in [6.07, 6.45) is 3.20. The molecule has 0 bridgehead atoms. The lowest BCUT2D eigenvalue weighted by atomic mass is 10.0. The molecule has 1 fully saturated rings. The van der Waals surface area contributed by atoms with E-state index in [-0.39, 0.29) is 5.78 Å². The number of carbonyl (C=O) groups is 1. The summed E-state index contributed by atoms with van der Waals surface area (Å²) in [5.74, 6) is 1.28. The highest BCUT2D eigenvalue weighted by atomic mass is 32.2. The number of benzene rings is 2. The van der Waals surface area contributed by atoms with E-state index >= 15 is 0 Å². The molecule has 0 aliphatic carbocycles. The molecule has 8 nitrogen and oxygen atoms in total. The maximum Gasteiger partial charge on any atom is 0.234 e. The van der Waals surface area contributed by atoms with Crippen LogP contribution in [0.1, 0.15) is 27.7 Å². The SMILES string of the molecule is CCc1cnc(Nc2nc(Sc3ccc(CC(=O)c4ccccc4)cc3)nc(N3CCN(C)CC3)n2)s1. The van der Waals surface area contributed by atoms with E-state index in [0.29, 0.717) is 23.5 Å². The first-order valence-corrected chi connectivity index (χ1v) is 14.0. The molecule has 37 heavy (non-hydrogen) atoms. The van der Waals surface area contributed by atoms with E-state index in [1.54, 1.807) is 11.3 Å². The second-order valence-electron chi connectivity index (χ2n) is 8.85. The maximum atomic E-state index is 12.6. The van der Waals surface area contributed by atoms with Gasteiger partial charge in [-0.3, -0.25) is 10.1 Å². The lowest BCUT2D eigenvalue weighted by Gasteiger charge is -2.32. The quantitative estimate of drug-likeness (QED) is 0.301. The number of likely N-dealkylation sites (N-methyl/N-ethyl adjacent to an activating group) is 1. The Kier molecular flexibility index (Phi) is 8.08. The van der Waals surface area contributed by atoms with Crippen LogP contribution in [0.5, 0.6) is 0 Å². The van der Waals surface area contributed by atoms with Gasteiger partial charge in [-0.2, -0.15) is 15.0 Å².